The lowest BCUT2D eigenvalue weighted by Gasteiger charge is -2.56. The zero-order chi connectivity index (χ0) is 13.6. The summed E-state index contributed by atoms with van der Waals surface area (Å²) in [6.07, 6.45) is 10.2. The molecule has 0 unspecified atom stereocenters. The molecule has 3 heteroatoms. The number of rotatable bonds is 3. The fraction of sp³-hybridized carbons (Fsp3) is 0.647. The summed E-state index contributed by atoms with van der Waals surface area (Å²) < 4.78 is 6.02. The van der Waals surface area contributed by atoms with Gasteiger partial charge in [-0.3, -0.25) is 0 Å². The third kappa shape index (κ3) is 2.08. The summed E-state index contributed by atoms with van der Waals surface area (Å²) in [5, 5.41) is 8.76. The number of nitriles is 1. The summed E-state index contributed by atoms with van der Waals surface area (Å²) in [7, 11) is 0. The van der Waals surface area contributed by atoms with E-state index in [4.69, 9.17) is 10.00 Å². The minimum absolute atomic E-state index is 0.433. The van der Waals surface area contributed by atoms with Crippen molar-refractivity contribution in [1.29, 1.82) is 5.26 Å². The van der Waals surface area contributed by atoms with Crippen LogP contribution in [-0.2, 0) is 0 Å². The topological polar surface area (TPSA) is 45.9 Å². The van der Waals surface area contributed by atoms with Gasteiger partial charge >= 0.3 is 0 Å². The Morgan fingerprint density at radius 2 is 1.80 bits per heavy atom. The van der Waals surface area contributed by atoms with Crippen LogP contribution < -0.4 is 4.74 Å². The average Bonchev–Trinajstić information content (AvgIpc) is 2.44. The highest BCUT2D eigenvalue weighted by Crippen LogP contribution is 2.59. The Bertz CT molecular complexity index is 508. The summed E-state index contributed by atoms with van der Waals surface area (Å²) in [6.45, 7) is 0.837. The zero-order valence-corrected chi connectivity index (χ0v) is 11.7. The van der Waals surface area contributed by atoms with Crippen molar-refractivity contribution in [2.75, 3.05) is 6.61 Å². The molecule has 0 radical (unpaired) electrons. The second-order valence-corrected chi connectivity index (χ2v) is 7.20. The van der Waals surface area contributed by atoms with Crippen molar-refractivity contribution in [1.82, 2.24) is 4.98 Å². The van der Waals surface area contributed by atoms with Gasteiger partial charge in [0.05, 0.1) is 12.8 Å². The monoisotopic (exact) mass is 268 g/mol. The van der Waals surface area contributed by atoms with Gasteiger partial charge in [-0.1, -0.05) is 0 Å². The highest BCUT2D eigenvalue weighted by molar-refractivity contribution is 5.26. The molecule has 104 valence electrons. The highest BCUT2D eigenvalue weighted by atomic mass is 16.5. The Morgan fingerprint density at radius 3 is 2.30 bits per heavy atom. The molecule has 4 bridgehead atoms. The van der Waals surface area contributed by atoms with Gasteiger partial charge in [-0.15, -0.1) is 0 Å². The SMILES string of the molecule is N#Cc1ccc(OCC23CC4CC(CC(C4)C2)C3)cn1. The molecule has 0 aliphatic heterocycles. The Hall–Kier alpha value is -1.56. The minimum atomic E-state index is 0.433. The van der Waals surface area contributed by atoms with E-state index in [1.165, 1.54) is 38.5 Å². The number of aromatic nitrogens is 1. The molecule has 4 fully saturated rings. The molecule has 4 aliphatic rings. The van der Waals surface area contributed by atoms with Crippen molar-refractivity contribution in [2.24, 2.45) is 23.2 Å². The van der Waals surface area contributed by atoms with Crippen LogP contribution in [0, 0.1) is 34.5 Å². The van der Waals surface area contributed by atoms with Crippen LogP contribution in [0.3, 0.4) is 0 Å². The Kier molecular flexibility index (Phi) is 2.73. The lowest BCUT2D eigenvalue weighted by atomic mass is 9.50. The van der Waals surface area contributed by atoms with Crippen LogP contribution >= 0.6 is 0 Å². The Balaban J connectivity index is 1.45. The molecule has 4 saturated carbocycles. The number of pyridine rings is 1. The largest absolute Gasteiger partial charge is 0.491 e. The summed E-state index contributed by atoms with van der Waals surface area (Å²) in [6, 6.07) is 5.64. The van der Waals surface area contributed by atoms with Gasteiger partial charge in [-0.05, 0) is 68.4 Å². The van der Waals surface area contributed by atoms with Gasteiger partial charge in [0.25, 0.3) is 0 Å². The maximum atomic E-state index is 8.76. The van der Waals surface area contributed by atoms with Gasteiger partial charge in [-0.25, -0.2) is 4.98 Å². The second kappa shape index (κ2) is 4.48. The van der Waals surface area contributed by atoms with Crippen molar-refractivity contribution in [3.05, 3.63) is 24.0 Å². The molecule has 0 atom stereocenters. The summed E-state index contributed by atoms with van der Waals surface area (Å²) in [5.41, 5.74) is 0.884. The quantitative estimate of drug-likeness (QED) is 0.842. The fourth-order valence-electron chi connectivity index (χ4n) is 5.24. The molecule has 0 spiro atoms. The van der Waals surface area contributed by atoms with E-state index in [2.05, 4.69) is 4.98 Å². The van der Waals surface area contributed by atoms with E-state index in [1.54, 1.807) is 12.3 Å². The molecule has 0 saturated heterocycles. The Labute approximate surface area is 120 Å². The van der Waals surface area contributed by atoms with E-state index in [9.17, 15) is 0 Å². The fourth-order valence-corrected chi connectivity index (χ4v) is 5.24. The van der Waals surface area contributed by atoms with E-state index in [0.29, 0.717) is 11.1 Å². The third-order valence-electron chi connectivity index (χ3n) is 5.56. The average molecular weight is 268 g/mol. The maximum absolute atomic E-state index is 8.76. The van der Waals surface area contributed by atoms with Crippen molar-refractivity contribution in [3.63, 3.8) is 0 Å². The van der Waals surface area contributed by atoms with E-state index in [0.717, 1.165) is 30.1 Å². The van der Waals surface area contributed by atoms with Gasteiger partial charge in [0.1, 0.15) is 17.5 Å². The first-order valence-corrected chi connectivity index (χ1v) is 7.74. The van der Waals surface area contributed by atoms with Crippen LogP contribution in [0.1, 0.15) is 44.2 Å². The first-order valence-electron chi connectivity index (χ1n) is 7.74. The summed E-state index contributed by atoms with van der Waals surface area (Å²) >= 11 is 0. The zero-order valence-electron chi connectivity index (χ0n) is 11.7. The van der Waals surface area contributed by atoms with Crippen LogP contribution in [-0.4, -0.2) is 11.6 Å². The summed E-state index contributed by atoms with van der Waals surface area (Å²) in [5.74, 6) is 3.69. The molecule has 20 heavy (non-hydrogen) atoms. The first-order chi connectivity index (χ1) is 9.75. The number of nitrogens with zero attached hydrogens (tertiary/aromatic N) is 2. The lowest BCUT2D eigenvalue weighted by molar-refractivity contribution is -0.0745. The number of ether oxygens (including phenoxy) is 1. The molecule has 4 aliphatic carbocycles. The third-order valence-corrected chi connectivity index (χ3v) is 5.56. The number of hydrogen-bond acceptors (Lipinski definition) is 3. The van der Waals surface area contributed by atoms with Crippen LogP contribution in [0.4, 0.5) is 0 Å². The maximum Gasteiger partial charge on any atom is 0.140 e. The lowest BCUT2D eigenvalue weighted by Crippen LogP contribution is -2.48. The van der Waals surface area contributed by atoms with Gasteiger partial charge in [-0.2, -0.15) is 5.26 Å². The Morgan fingerprint density at radius 1 is 1.15 bits per heavy atom. The molecule has 1 aromatic rings. The molecule has 3 nitrogen and oxygen atoms in total. The molecular formula is C17H20N2O. The highest BCUT2D eigenvalue weighted by Gasteiger charge is 2.51. The second-order valence-electron chi connectivity index (χ2n) is 7.20. The van der Waals surface area contributed by atoms with Crippen molar-refractivity contribution in [3.8, 4) is 11.8 Å². The molecule has 1 heterocycles. The minimum Gasteiger partial charge on any atom is -0.491 e. The van der Waals surface area contributed by atoms with E-state index in [-0.39, 0.29) is 0 Å². The molecule has 0 aromatic carbocycles. The van der Waals surface area contributed by atoms with E-state index >= 15 is 0 Å². The van der Waals surface area contributed by atoms with Gasteiger partial charge in [0.15, 0.2) is 0 Å². The van der Waals surface area contributed by atoms with Crippen molar-refractivity contribution in [2.45, 2.75) is 38.5 Å². The van der Waals surface area contributed by atoms with Gasteiger partial charge < -0.3 is 4.74 Å². The smallest absolute Gasteiger partial charge is 0.140 e. The molecular weight excluding hydrogens is 248 g/mol. The number of hydrogen-bond donors (Lipinski definition) is 0. The molecule has 0 N–H and O–H groups in total. The predicted octanol–water partition coefficient (Wildman–Crippen LogP) is 3.55. The van der Waals surface area contributed by atoms with Gasteiger partial charge in [0.2, 0.25) is 0 Å². The molecule has 0 amide bonds. The van der Waals surface area contributed by atoms with E-state index < -0.39 is 0 Å². The van der Waals surface area contributed by atoms with Crippen LogP contribution in [0.25, 0.3) is 0 Å². The van der Waals surface area contributed by atoms with Crippen molar-refractivity contribution < 1.29 is 4.74 Å². The van der Waals surface area contributed by atoms with Gasteiger partial charge in [0, 0.05) is 5.41 Å². The standard InChI is InChI=1S/C17H20N2O/c18-9-15-1-2-16(10-19-15)20-11-17-6-12-3-13(7-17)5-14(4-12)8-17/h1-2,10,12-14H,3-8,11H2. The normalized spacial score (nSPS) is 37.6. The van der Waals surface area contributed by atoms with E-state index in [1.807, 2.05) is 12.1 Å². The summed E-state index contributed by atoms with van der Waals surface area (Å²) in [4.78, 5) is 4.08. The van der Waals surface area contributed by atoms with Crippen LogP contribution in [0.2, 0.25) is 0 Å². The predicted molar refractivity (Wildman–Crippen MR) is 75.1 cm³/mol. The molecule has 1 aromatic heterocycles. The van der Waals surface area contributed by atoms with Crippen LogP contribution in [0.5, 0.6) is 5.75 Å². The molecule has 5 rings (SSSR count). The van der Waals surface area contributed by atoms with Crippen molar-refractivity contribution >= 4 is 0 Å². The first kappa shape index (κ1) is 12.2. The van der Waals surface area contributed by atoms with Crippen LogP contribution in [0.15, 0.2) is 18.3 Å².